The average molecular weight is 477 g/mol. The number of hydrogen-bond donors (Lipinski definition) is 7. The molecule has 10 atom stereocenters. The standard InChI is InChI=1S/C15H27NO14S/c1-5(18)16-8-10(20)9(19)7(4-27-31(23,24)25)29-14(8)30-13-6(3-17)28-15(26-2)12(22)11(13)21/h6-15,17,19-22H,3-4H2,1-2H3,(H,16,18)(H,23,24,25)/t6-,7-,8-,9-,10-,11-,12-,13-,14+,15+/m1/s1. The molecule has 0 aromatic heterocycles. The van der Waals surface area contributed by atoms with Gasteiger partial charge in [-0.2, -0.15) is 8.42 Å². The third-order valence-corrected chi connectivity index (χ3v) is 5.23. The Kier molecular flexibility index (Phi) is 9.08. The SMILES string of the molecule is CO[C@H]1O[C@H](CO)[C@@H](O[C@@H]2O[C@H](COS(=O)(=O)O)[C@@H](O)[C@H](O)[C@H]2NC(C)=O)[C@H](O)[C@H]1O. The number of carbonyl (C=O) groups is 1. The molecule has 31 heavy (non-hydrogen) atoms. The van der Waals surface area contributed by atoms with Gasteiger partial charge in [-0.25, -0.2) is 4.18 Å². The highest BCUT2D eigenvalue weighted by Crippen LogP contribution is 2.29. The monoisotopic (exact) mass is 477 g/mol. The molecule has 7 N–H and O–H groups in total. The molecule has 15 nitrogen and oxygen atoms in total. The minimum absolute atomic E-state index is 0.653. The number of aliphatic hydroxyl groups is 5. The van der Waals surface area contributed by atoms with Gasteiger partial charge >= 0.3 is 10.4 Å². The van der Waals surface area contributed by atoms with Gasteiger partial charge in [0.25, 0.3) is 0 Å². The second kappa shape index (κ2) is 10.7. The van der Waals surface area contributed by atoms with Crippen molar-refractivity contribution in [2.24, 2.45) is 0 Å². The first kappa shape index (κ1) is 26.2. The van der Waals surface area contributed by atoms with Crippen molar-refractivity contribution in [3.8, 4) is 0 Å². The molecule has 1 amide bonds. The van der Waals surface area contributed by atoms with E-state index in [2.05, 4.69) is 9.50 Å². The van der Waals surface area contributed by atoms with Gasteiger partial charge < -0.3 is 49.8 Å². The summed E-state index contributed by atoms with van der Waals surface area (Å²) in [5.74, 6) is -0.653. The van der Waals surface area contributed by atoms with Crippen LogP contribution in [0.4, 0.5) is 0 Å². The molecule has 2 saturated heterocycles. The van der Waals surface area contributed by atoms with Crippen molar-refractivity contribution < 1.29 is 66.4 Å². The number of methoxy groups -OCH3 is 1. The summed E-state index contributed by atoms with van der Waals surface area (Å²) in [6.45, 7) is -0.511. The van der Waals surface area contributed by atoms with Crippen LogP contribution in [0.25, 0.3) is 0 Å². The third-order valence-electron chi connectivity index (χ3n) is 4.80. The summed E-state index contributed by atoms with van der Waals surface area (Å²) < 4.78 is 55.7. The second-order valence-corrected chi connectivity index (χ2v) is 8.10. The fraction of sp³-hybridized carbons (Fsp3) is 0.933. The van der Waals surface area contributed by atoms with E-state index in [0.717, 1.165) is 6.92 Å². The molecule has 2 rings (SSSR count). The predicted molar refractivity (Wildman–Crippen MR) is 95.4 cm³/mol. The van der Waals surface area contributed by atoms with E-state index in [0.29, 0.717) is 0 Å². The molecule has 0 aromatic carbocycles. The topological polar surface area (TPSA) is 231 Å². The maximum atomic E-state index is 11.5. The average Bonchev–Trinajstić information content (AvgIpc) is 2.69. The molecule has 0 unspecified atom stereocenters. The Morgan fingerprint density at radius 1 is 1.00 bits per heavy atom. The van der Waals surface area contributed by atoms with Crippen molar-refractivity contribution in [1.82, 2.24) is 5.32 Å². The number of ether oxygens (including phenoxy) is 4. The first-order valence-electron chi connectivity index (χ1n) is 9.10. The lowest BCUT2D eigenvalue weighted by atomic mass is 9.95. The minimum atomic E-state index is -4.90. The third kappa shape index (κ3) is 6.50. The van der Waals surface area contributed by atoms with E-state index >= 15 is 0 Å². The number of carbonyl (C=O) groups excluding carboxylic acids is 1. The molecule has 182 valence electrons. The number of nitrogens with one attached hydrogen (secondary N) is 1. The van der Waals surface area contributed by atoms with Crippen LogP contribution < -0.4 is 5.32 Å². The van der Waals surface area contributed by atoms with Crippen molar-refractivity contribution in [3.63, 3.8) is 0 Å². The Bertz CT molecular complexity index is 704. The van der Waals surface area contributed by atoms with Gasteiger partial charge in [-0.3, -0.25) is 9.35 Å². The van der Waals surface area contributed by atoms with Gasteiger partial charge in [-0.15, -0.1) is 0 Å². The number of aliphatic hydroxyl groups excluding tert-OH is 5. The highest BCUT2D eigenvalue weighted by molar-refractivity contribution is 7.80. The maximum Gasteiger partial charge on any atom is 0.397 e. The lowest BCUT2D eigenvalue weighted by Crippen LogP contribution is -2.67. The number of rotatable bonds is 8. The number of amides is 1. The van der Waals surface area contributed by atoms with Gasteiger partial charge in [0.15, 0.2) is 12.6 Å². The first-order valence-corrected chi connectivity index (χ1v) is 10.5. The molecule has 16 heteroatoms. The van der Waals surface area contributed by atoms with Crippen molar-refractivity contribution in [2.45, 2.75) is 68.3 Å². The predicted octanol–water partition coefficient (Wildman–Crippen LogP) is -4.77. The largest absolute Gasteiger partial charge is 0.397 e. The second-order valence-electron chi connectivity index (χ2n) is 7.01. The Labute approximate surface area is 177 Å². The van der Waals surface area contributed by atoms with Crippen LogP contribution in [0.5, 0.6) is 0 Å². The zero-order valence-corrected chi connectivity index (χ0v) is 17.4. The van der Waals surface area contributed by atoms with E-state index in [4.69, 9.17) is 23.5 Å². The van der Waals surface area contributed by atoms with E-state index in [9.17, 15) is 38.7 Å². The Morgan fingerprint density at radius 3 is 2.13 bits per heavy atom. The van der Waals surface area contributed by atoms with Gasteiger partial charge in [0.2, 0.25) is 5.91 Å². The molecule has 0 radical (unpaired) electrons. The van der Waals surface area contributed by atoms with Crippen LogP contribution in [0.2, 0.25) is 0 Å². The fourth-order valence-electron chi connectivity index (χ4n) is 3.30. The van der Waals surface area contributed by atoms with Crippen molar-refractivity contribution >= 4 is 16.3 Å². The van der Waals surface area contributed by atoms with Crippen LogP contribution >= 0.6 is 0 Å². The Hall–Kier alpha value is -1.02. The molecule has 0 saturated carbocycles. The normalized spacial score (nSPS) is 41.7. The smallest absolute Gasteiger partial charge is 0.394 e. The number of hydrogen-bond acceptors (Lipinski definition) is 13. The Balaban J connectivity index is 2.26. The molecular formula is C15H27NO14S. The van der Waals surface area contributed by atoms with Gasteiger partial charge in [-0.05, 0) is 0 Å². The van der Waals surface area contributed by atoms with E-state index in [1.165, 1.54) is 7.11 Å². The van der Waals surface area contributed by atoms with Gasteiger partial charge in [0.1, 0.15) is 48.8 Å². The first-order chi connectivity index (χ1) is 14.4. The quantitative estimate of drug-likeness (QED) is 0.163. The van der Waals surface area contributed by atoms with E-state index in [-0.39, 0.29) is 0 Å². The minimum Gasteiger partial charge on any atom is -0.394 e. The van der Waals surface area contributed by atoms with Crippen LogP contribution in [-0.4, -0.2) is 126 Å². The van der Waals surface area contributed by atoms with Crippen LogP contribution in [0, 0.1) is 0 Å². The molecule has 0 spiro atoms. The summed E-state index contributed by atoms with van der Waals surface area (Å²) in [6.07, 6.45) is -14.0. The molecule has 2 fully saturated rings. The highest BCUT2D eigenvalue weighted by Gasteiger charge is 2.51. The summed E-state index contributed by atoms with van der Waals surface area (Å²) >= 11 is 0. The van der Waals surface area contributed by atoms with Gasteiger partial charge in [0, 0.05) is 14.0 Å². The highest BCUT2D eigenvalue weighted by atomic mass is 32.3. The summed E-state index contributed by atoms with van der Waals surface area (Å²) in [5, 5.41) is 53.0. The molecule has 2 heterocycles. The maximum absolute atomic E-state index is 11.5. The lowest BCUT2D eigenvalue weighted by Gasteiger charge is -2.47. The Morgan fingerprint density at radius 2 is 1.61 bits per heavy atom. The lowest BCUT2D eigenvalue weighted by molar-refractivity contribution is -0.343. The van der Waals surface area contributed by atoms with Crippen molar-refractivity contribution in [1.29, 1.82) is 0 Å². The van der Waals surface area contributed by atoms with E-state index < -0.39 is 90.9 Å². The molecule has 2 aliphatic heterocycles. The van der Waals surface area contributed by atoms with Crippen LogP contribution in [-0.2, 0) is 38.3 Å². The summed E-state index contributed by atoms with van der Waals surface area (Å²) in [5.41, 5.74) is 0. The van der Waals surface area contributed by atoms with Crippen LogP contribution in [0.15, 0.2) is 0 Å². The van der Waals surface area contributed by atoms with Crippen molar-refractivity contribution in [3.05, 3.63) is 0 Å². The molecule has 0 aliphatic carbocycles. The zero-order chi connectivity index (χ0) is 23.5. The summed E-state index contributed by atoms with van der Waals surface area (Å²) in [6, 6.07) is -1.42. The van der Waals surface area contributed by atoms with Gasteiger partial charge in [-0.1, -0.05) is 0 Å². The van der Waals surface area contributed by atoms with Crippen LogP contribution in [0.3, 0.4) is 0 Å². The van der Waals surface area contributed by atoms with E-state index in [1.54, 1.807) is 0 Å². The van der Waals surface area contributed by atoms with E-state index in [1.807, 2.05) is 0 Å². The summed E-state index contributed by atoms with van der Waals surface area (Å²) in [7, 11) is -3.70. The zero-order valence-electron chi connectivity index (χ0n) is 16.5. The molecular weight excluding hydrogens is 450 g/mol. The molecule has 0 aromatic rings. The van der Waals surface area contributed by atoms with Gasteiger partial charge in [0.05, 0.1) is 13.2 Å². The summed E-state index contributed by atoms with van der Waals surface area (Å²) in [4.78, 5) is 11.5. The van der Waals surface area contributed by atoms with Crippen molar-refractivity contribution in [2.75, 3.05) is 20.3 Å². The fourth-order valence-corrected chi connectivity index (χ4v) is 3.60. The molecule has 0 bridgehead atoms. The van der Waals surface area contributed by atoms with Crippen LogP contribution in [0.1, 0.15) is 6.92 Å². The molecule has 2 aliphatic rings.